The van der Waals surface area contributed by atoms with Crippen molar-refractivity contribution in [3.05, 3.63) is 22.0 Å². The van der Waals surface area contributed by atoms with Crippen molar-refractivity contribution in [1.29, 1.82) is 0 Å². The van der Waals surface area contributed by atoms with Crippen molar-refractivity contribution in [3.63, 3.8) is 0 Å². The topological polar surface area (TPSA) is 88.2 Å². The number of aliphatic hydroxyl groups is 1. The van der Waals surface area contributed by atoms with Crippen molar-refractivity contribution in [1.82, 2.24) is 15.5 Å². The molecule has 1 atom stereocenters. The quantitative estimate of drug-likeness (QED) is 0.840. The lowest BCUT2D eigenvalue weighted by Crippen LogP contribution is -2.38. The molecule has 126 valence electrons. The highest BCUT2D eigenvalue weighted by atomic mass is 32.1. The highest BCUT2D eigenvalue weighted by Gasteiger charge is 2.23. The zero-order valence-corrected chi connectivity index (χ0v) is 13.7. The van der Waals surface area contributed by atoms with E-state index in [1.165, 1.54) is 0 Å². The Bertz CT molecular complexity index is 680. The predicted molar refractivity (Wildman–Crippen MR) is 80.8 cm³/mol. The number of hydrogen-bond acceptors (Lipinski definition) is 6. The molecule has 2 aromatic heterocycles. The standard InChI is InChI=1S/C14H17F2N3O3S/c1-6-11(8(3)22-19-6)14-17-7(2)12(23-14)13(21)18-9(5-20)4-10(15)16/h9-10,20H,4-5H2,1-3H3,(H,18,21). The fourth-order valence-corrected chi connectivity index (χ4v) is 3.26. The van der Waals surface area contributed by atoms with E-state index in [0.717, 1.165) is 16.9 Å². The van der Waals surface area contributed by atoms with Crippen LogP contribution in [0.2, 0.25) is 0 Å². The van der Waals surface area contributed by atoms with E-state index in [9.17, 15) is 13.6 Å². The van der Waals surface area contributed by atoms with Crippen molar-refractivity contribution in [2.24, 2.45) is 0 Å². The highest BCUT2D eigenvalue weighted by molar-refractivity contribution is 7.17. The van der Waals surface area contributed by atoms with Crippen molar-refractivity contribution in [2.75, 3.05) is 6.61 Å². The summed E-state index contributed by atoms with van der Waals surface area (Å²) >= 11 is 1.13. The molecule has 2 rings (SSSR count). The van der Waals surface area contributed by atoms with Gasteiger partial charge in [-0.05, 0) is 20.8 Å². The van der Waals surface area contributed by atoms with Gasteiger partial charge in [0.2, 0.25) is 6.43 Å². The van der Waals surface area contributed by atoms with Gasteiger partial charge in [-0.25, -0.2) is 13.8 Å². The molecule has 0 saturated carbocycles. The first-order chi connectivity index (χ1) is 10.8. The largest absolute Gasteiger partial charge is 0.394 e. The summed E-state index contributed by atoms with van der Waals surface area (Å²) in [6, 6.07) is -0.994. The summed E-state index contributed by atoms with van der Waals surface area (Å²) in [5.41, 5.74) is 1.87. The average Bonchev–Trinajstić information content (AvgIpc) is 3.00. The van der Waals surface area contributed by atoms with E-state index in [2.05, 4.69) is 15.5 Å². The Morgan fingerprint density at radius 1 is 1.35 bits per heavy atom. The fraction of sp³-hybridized carbons (Fsp3) is 0.500. The summed E-state index contributed by atoms with van der Waals surface area (Å²) in [6.07, 6.45) is -3.20. The minimum atomic E-state index is -2.60. The number of carbonyl (C=O) groups excluding carboxylic acids is 1. The molecule has 0 aliphatic carbocycles. The number of carbonyl (C=O) groups is 1. The Kier molecular flexibility index (Phi) is 5.42. The molecule has 1 unspecified atom stereocenters. The molecule has 0 aliphatic rings. The second-order valence-electron chi connectivity index (χ2n) is 5.11. The Balaban J connectivity index is 2.22. The molecule has 0 aliphatic heterocycles. The van der Waals surface area contributed by atoms with Crippen LogP contribution < -0.4 is 5.32 Å². The van der Waals surface area contributed by atoms with Crippen molar-refractivity contribution < 1.29 is 23.2 Å². The van der Waals surface area contributed by atoms with Crippen molar-refractivity contribution in [2.45, 2.75) is 39.7 Å². The summed E-state index contributed by atoms with van der Waals surface area (Å²) in [5.74, 6) is 0.0619. The van der Waals surface area contributed by atoms with Crippen LogP contribution in [0.25, 0.3) is 10.6 Å². The van der Waals surface area contributed by atoms with Gasteiger partial charge < -0.3 is 14.9 Å². The van der Waals surface area contributed by atoms with Gasteiger partial charge >= 0.3 is 0 Å². The lowest BCUT2D eigenvalue weighted by Gasteiger charge is -2.15. The van der Waals surface area contributed by atoms with E-state index in [1.807, 2.05) is 0 Å². The molecule has 0 bridgehead atoms. The highest BCUT2D eigenvalue weighted by Crippen LogP contribution is 2.32. The van der Waals surface area contributed by atoms with Crippen LogP contribution in [-0.4, -0.2) is 40.2 Å². The third kappa shape index (κ3) is 3.91. The van der Waals surface area contributed by atoms with Gasteiger partial charge in [0, 0.05) is 6.42 Å². The van der Waals surface area contributed by atoms with E-state index in [0.29, 0.717) is 27.0 Å². The van der Waals surface area contributed by atoms with Gasteiger partial charge in [0.05, 0.1) is 29.6 Å². The molecule has 2 N–H and O–H groups in total. The number of nitrogens with one attached hydrogen (secondary N) is 1. The number of aliphatic hydroxyl groups excluding tert-OH is 1. The average molecular weight is 345 g/mol. The van der Waals surface area contributed by atoms with Crippen LogP contribution in [0.3, 0.4) is 0 Å². The number of alkyl halides is 2. The van der Waals surface area contributed by atoms with Crippen LogP contribution in [0.5, 0.6) is 0 Å². The lowest BCUT2D eigenvalue weighted by molar-refractivity contribution is 0.0824. The maximum Gasteiger partial charge on any atom is 0.263 e. The number of nitrogens with zero attached hydrogens (tertiary/aromatic N) is 2. The molecular formula is C14H17F2N3O3S. The summed E-state index contributed by atoms with van der Waals surface area (Å²) in [4.78, 5) is 16.9. The molecule has 0 saturated heterocycles. The Hall–Kier alpha value is -1.87. The number of halogens is 2. The molecule has 2 heterocycles. The van der Waals surface area contributed by atoms with E-state index in [1.54, 1.807) is 20.8 Å². The summed E-state index contributed by atoms with van der Waals surface area (Å²) in [7, 11) is 0. The van der Waals surface area contributed by atoms with Crippen LogP contribution in [0, 0.1) is 20.8 Å². The molecule has 2 aromatic rings. The molecular weight excluding hydrogens is 328 g/mol. The van der Waals surface area contributed by atoms with Gasteiger partial charge in [0.25, 0.3) is 5.91 Å². The summed E-state index contributed by atoms with van der Waals surface area (Å²) < 4.78 is 29.9. The van der Waals surface area contributed by atoms with Gasteiger partial charge in [0.15, 0.2) is 0 Å². The lowest BCUT2D eigenvalue weighted by atomic mass is 10.2. The molecule has 1 amide bonds. The molecule has 0 spiro atoms. The van der Waals surface area contributed by atoms with Gasteiger partial charge in [0.1, 0.15) is 15.6 Å². The third-order valence-corrected chi connectivity index (χ3v) is 4.44. The van der Waals surface area contributed by atoms with Gasteiger partial charge in [-0.1, -0.05) is 5.16 Å². The van der Waals surface area contributed by atoms with Crippen molar-refractivity contribution >= 4 is 17.2 Å². The second-order valence-corrected chi connectivity index (χ2v) is 6.11. The number of hydrogen-bond donors (Lipinski definition) is 2. The van der Waals surface area contributed by atoms with E-state index >= 15 is 0 Å². The number of aryl methyl sites for hydroxylation is 3. The Morgan fingerprint density at radius 3 is 2.57 bits per heavy atom. The van der Waals surface area contributed by atoms with E-state index in [-0.39, 0.29) is 0 Å². The molecule has 0 fully saturated rings. The Labute approximate surface area is 135 Å². The third-order valence-electron chi connectivity index (χ3n) is 3.27. The van der Waals surface area contributed by atoms with Crippen LogP contribution in [0.4, 0.5) is 8.78 Å². The number of amides is 1. The fourth-order valence-electron chi connectivity index (χ4n) is 2.15. The zero-order chi connectivity index (χ0) is 17.1. The summed E-state index contributed by atoms with van der Waals surface area (Å²) in [5, 5.41) is 15.9. The molecule has 23 heavy (non-hydrogen) atoms. The first-order valence-corrected chi connectivity index (χ1v) is 7.75. The van der Waals surface area contributed by atoms with Crippen molar-refractivity contribution in [3.8, 4) is 10.6 Å². The second kappa shape index (κ2) is 7.14. The molecule has 0 radical (unpaired) electrons. The van der Waals surface area contributed by atoms with Crippen LogP contribution in [0.1, 0.15) is 33.2 Å². The first-order valence-electron chi connectivity index (χ1n) is 6.94. The van der Waals surface area contributed by atoms with E-state index in [4.69, 9.17) is 9.63 Å². The summed E-state index contributed by atoms with van der Waals surface area (Å²) in [6.45, 7) is 4.63. The maximum absolute atomic E-state index is 12.4. The SMILES string of the molecule is Cc1nc(-c2c(C)noc2C)sc1C(=O)NC(CO)CC(F)F. The van der Waals surface area contributed by atoms with Gasteiger partial charge in [-0.3, -0.25) is 4.79 Å². The smallest absolute Gasteiger partial charge is 0.263 e. The first kappa shape index (κ1) is 17.5. The van der Waals surface area contributed by atoms with Crippen LogP contribution in [-0.2, 0) is 0 Å². The molecule has 0 aromatic carbocycles. The number of rotatable bonds is 6. The minimum absolute atomic E-state index is 0.313. The van der Waals surface area contributed by atoms with Gasteiger partial charge in [-0.2, -0.15) is 0 Å². The normalized spacial score (nSPS) is 12.7. The van der Waals surface area contributed by atoms with Crippen LogP contribution in [0.15, 0.2) is 4.52 Å². The van der Waals surface area contributed by atoms with Gasteiger partial charge in [-0.15, -0.1) is 11.3 Å². The number of aromatic nitrogens is 2. The molecule has 9 heteroatoms. The predicted octanol–water partition coefficient (Wildman–Crippen LogP) is 2.47. The molecule has 6 nitrogen and oxygen atoms in total. The minimum Gasteiger partial charge on any atom is -0.394 e. The Morgan fingerprint density at radius 2 is 2.04 bits per heavy atom. The zero-order valence-electron chi connectivity index (χ0n) is 12.9. The van der Waals surface area contributed by atoms with Crippen LogP contribution >= 0.6 is 11.3 Å². The monoisotopic (exact) mass is 345 g/mol. The van der Waals surface area contributed by atoms with E-state index < -0.39 is 31.4 Å². The number of thiazole rings is 1. The maximum atomic E-state index is 12.4.